The van der Waals surface area contributed by atoms with Gasteiger partial charge >= 0.3 is 0 Å². The van der Waals surface area contributed by atoms with Gasteiger partial charge in [0.15, 0.2) is 5.16 Å². The quantitative estimate of drug-likeness (QED) is 0.445. The molecule has 0 spiro atoms. The molecule has 10 heteroatoms. The van der Waals surface area contributed by atoms with Crippen molar-refractivity contribution in [3.8, 4) is 0 Å². The zero-order chi connectivity index (χ0) is 22.1. The molecule has 0 aliphatic carbocycles. The Morgan fingerprint density at radius 2 is 1.97 bits per heavy atom. The number of unbranched alkanes of at least 4 members (excludes halogenated alkanes) is 1. The lowest BCUT2D eigenvalue weighted by molar-refractivity contribution is -0.113. The minimum absolute atomic E-state index is 0.0687. The van der Waals surface area contributed by atoms with E-state index >= 15 is 0 Å². The Labute approximate surface area is 183 Å². The Balaban J connectivity index is 1.66. The first-order chi connectivity index (χ1) is 14.9. The van der Waals surface area contributed by atoms with E-state index in [0.717, 1.165) is 35.4 Å². The molecule has 3 aromatic heterocycles. The number of carbonyl (C=O) groups is 1. The number of aromatic nitrogens is 6. The van der Waals surface area contributed by atoms with Crippen LogP contribution in [-0.2, 0) is 18.4 Å². The molecular formula is C21H25N7O2S. The Bertz CT molecular complexity index is 1340. The van der Waals surface area contributed by atoms with Crippen molar-refractivity contribution in [2.75, 3.05) is 11.1 Å². The lowest BCUT2D eigenvalue weighted by Crippen LogP contribution is -2.23. The number of rotatable bonds is 7. The van der Waals surface area contributed by atoms with Gasteiger partial charge in [-0.05, 0) is 32.4 Å². The zero-order valence-electron chi connectivity index (χ0n) is 18.0. The lowest BCUT2D eigenvalue weighted by Gasteiger charge is -2.11. The molecule has 1 amide bonds. The summed E-state index contributed by atoms with van der Waals surface area (Å²) in [5.74, 6) is 0.514. The van der Waals surface area contributed by atoms with Crippen LogP contribution in [0.15, 0.2) is 34.2 Å². The van der Waals surface area contributed by atoms with E-state index in [1.165, 1.54) is 11.8 Å². The molecule has 31 heavy (non-hydrogen) atoms. The van der Waals surface area contributed by atoms with E-state index in [1.54, 1.807) is 9.25 Å². The van der Waals surface area contributed by atoms with E-state index in [0.29, 0.717) is 22.9 Å². The van der Waals surface area contributed by atoms with Crippen molar-refractivity contribution in [3.05, 3.63) is 46.0 Å². The molecule has 0 radical (unpaired) electrons. The lowest BCUT2D eigenvalue weighted by atomic mass is 10.2. The Hall–Kier alpha value is -3.14. The molecular weight excluding hydrogens is 414 g/mol. The second-order valence-electron chi connectivity index (χ2n) is 7.45. The SMILES string of the molecule is CCCCn1c(=O)c2ccccc2n2c(SCC(=O)Nc3c(C)nn(C)c3C)nnc12. The number of aryl methyl sites for hydroxylation is 3. The molecule has 0 fully saturated rings. The molecule has 1 N–H and O–H groups in total. The van der Waals surface area contributed by atoms with Crippen LogP contribution in [-0.4, -0.2) is 40.6 Å². The smallest absolute Gasteiger partial charge is 0.262 e. The molecule has 1 aromatic carbocycles. The van der Waals surface area contributed by atoms with Crippen LogP contribution in [0.3, 0.4) is 0 Å². The molecule has 0 saturated carbocycles. The minimum atomic E-state index is -0.149. The highest BCUT2D eigenvalue weighted by molar-refractivity contribution is 7.99. The first-order valence-corrected chi connectivity index (χ1v) is 11.2. The van der Waals surface area contributed by atoms with E-state index in [-0.39, 0.29) is 17.2 Å². The summed E-state index contributed by atoms with van der Waals surface area (Å²) in [7, 11) is 1.85. The van der Waals surface area contributed by atoms with E-state index in [2.05, 4.69) is 27.5 Å². The normalized spacial score (nSPS) is 11.5. The van der Waals surface area contributed by atoms with Gasteiger partial charge in [-0.1, -0.05) is 37.2 Å². The van der Waals surface area contributed by atoms with Crippen molar-refractivity contribution >= 4 is 40.0 Å². The van der Waals surface area contributed by atoms with Crippen LogP contribution in [0.2, 0.25) is 0 Å². The topological polar surface area (TPSA) is 99.1 Å². The fourth-order valence-electron chi connectivity index (χ4n) is 3.60. The summed E-state index contributed by atoms with van der Waals surface area (Å²) in [6.45, 7) is 6.44. The molecule has 162 valence electrons. The molecule has 0 aliphatic heterocycles. The van der Waals surface area contributed by atoms with Gasteiger partial charge < -0.3 is 5.32 Å². The highest BCUT2D eigenvalue weighted by Gasteiger charge is 2.18. The average Bonchev–Trinajstić information content (AvgIpc) is 3.28. The van der Waals surface area contributed by atoms with Crippen molar-refractivity contribution in [1.29, 1.82) is 0 Å². The molecule has 9 nitrogen and oxygen atoms in total. The number of hydrogen-bond acceptors (Lipinski definition) is 6. The molecule has 4 rings (SSSR count). The van der Waals surface area contributed by atoms with Crippen LogP contribution in [0.4, 0.5) is 5.69 Å². The van der Waals surface area contributed by atoms with E-state index < -0.39 is 0 Å². The average molecular weight is 440 g/mol. The van der Waals surface area contributed by atoms with Gasteiger partial charge in [0.1, 0.15) is 0 Å². The van der Waals surface area contributed by atoms with Crippen LogP contribution in [0.5, 0.6) is 0 Å². The summed E-state index contributed by atoms with van der Waals surface area (Å²) >= 11 is 1.29. The third kappa shape index (κ3) is 3.83. The summed E-state index contributed by atoms with van der Waals surface area (Å²) < 4.78 is 5.28. The van der Waals surface area contributed by atoms with Gasteiger partial charge in [0.2, 0.25) is 11.7 Å². The van der Waals surface area contributed by atoms with Crippen LogP contribution in [0.25, 0.3) is 16.7 Å². The Morgan fingerprint density at radius 1 is 1.19 bits per heavy atom. The standard InChI is InChI=1S/C21H25N7O2S/c1-5-6-11-27-19(30)15-9-7-8-10-16(15)28-20(27)23-24-21(28)31-12-17(29)22-18-13(2)25-26(4)14(18)3/h7-10H,5-6,11-12H2,1-4H3,(H,22,29). The number of nitrogens with zero attached hydrogens (tertiary/aromatic N) is 6. The molecule has 0 saturated heterocycles. The largest absolute Gasteiger partial charge is 0.322 e. The van der Waals surface area contributed by atoms with Crippen molar-refractivity contribution in [2.45, 2.75) is 45.3 Å². The summed E-state index contributed by atoms with van der Waals surface area (Å²) in [6.07, 6.45) is 1.84. The maximum atomic E-state index is 13.0. The summed E-state index contributed by atoms with van der Waals surface area (Å²) in [5.41, 5.74) is 3.08. The van der Waals surface area contributed by atoms with E-state index in [1.807, 2.05) is 49.6 Å². The maximum absolute atomic E-state index is 13.0. The van der Waals surface area contributed by atoms with E-state index in [4.69, 9.17) is 0 Å². The number of fused-ring (bicyclic) bond motifs is 3. The fourth-order valence-corrected chi connectivity index (χ4v) is 4.34. The number of benzene rings is 1. The fraction of sp³-hybridized carbons (Fsp3) is 0.381. The van der Waals surface area contributed by atoms with Crippen molar-refractivity contribution < 1.29 is 4.79 Å². The molecule has 3 heterocycles. The summed E-state index contributed by atoms with van der Waals surface area (Å²) in [6, 6.07) is 7.42. The highest BCUT2D eigenvalue weighted by atomic mass is 32.2. The predicted octanol–water partition coefficient (Wildman–Crippen LogP) is 2.93. The molecule has 0 aliphatic rings. The maximum Gasteiger partial charge on any atom is 0.262 e. The molecule has 0 atom stereocenters. The summed E-state index contributed by atoms with van der Waals surface area (Å²) in [4.78, 5) is 25.6. The number of nitrogens with one attached hydrogen (secondary N) is 1. The Kier molecular flexibility index (Phi) is 5.81. The van der Waals surface area contributed by atoms with Gasteiger partial charge in [-0.3, -0.25) is 23.2 Å². The second-order valence-corrected chi connectivity index (χ2v) is 8.39. The first kappa shape index (κ1) is 21.1. The number of carbonyl (C=O) groups excluding carboxylic acids is 1. The minimum Gasteiger partial charge on any atom is -0.322 e. The van der Waals surface area contributed by atoms with Crippen LogP contribution in [0.1, 0.15) is 31.2 Å². The van der Waals surface area contributed by atoms with Crippen molar-refractivity contribution in [3.63, 3.8) is 0 Å². The van der Waals surface area contributed by atoms with Crippen LogP contribution >= 0.6 is 11.8 Å². The Morgan fingerprint density at radius 3 is 2.68 bits per heavy atom. The van der Waals surface area contributed by atoms with Crippen LogP contribution < -0.4 is 10.9 Å². The van der Waals surface area contributed by atoms with Gasteiger partial charge in [-0.15, -0.1) is 10.2 Å². The summed E-state index contributed by atoms with van der Waals surface area (Å²) in [5, 5.41) is 17.0. The van der Waals surface area contributed by atoms with Gasteiger partial charge in [-0.2, -0.15) is 5.10 Å². The predicted molar refractivity (Wildman–Crippen MR) is 122 cm³/mol. The van der Waals surface area contributed by atoms with Gasteiger partial charge in [0.25, 0.3) is 5.56 Å². The van der Waals surface area contributed by atoms with Crippen molar-refractivity contribution in [1.82, 2.24) is 28.9 Å². The van der Waals surface area contributed by atoms with Crippen LogP contribution in [0, 0.1) is 13.8 Å². The monoisotopic (exact) mass is 439 g/mol. The number of amides is 1. The van der Waals surface area contributed by atoms with Crippen molar-refractivity contribution in [2.24, 2.45) is 7.05 Å². The number of thioether (sulfide) groups is 1. The molecule has 4 aromatic rings. The number of anilines is 1. The van der Waals surface area contributed by atoms with Gasteiger partial charge in [0.05, 0.1) is 33.7 Å². The van der Waals surface area contributed by atoms with E-state index in [9.17, 15) is 9.59 Å². The molecule has 0 bridgehead atoms. The second kappa shape index (κ2) is 8.54. The zero-order valence-corrected chi connectivity index (χ0v) is 18.9. The molecule has 0 unspecified atom stereocenters. The number of para-hydroxylation sites is 1. The van der Waals surface area contributed by atoms with Gasteiger partial charge in [0, 0.05) is 13.6 Å². The third-order valence-electron chi connectivity index (χ3n) is 5.32. The third-order valence-corrected chi connectivity index (χ3v) is 6.25. The highest BCUT2D eigenvalue weighted by Crippen LogP contribution is 2.23. The van der Waals surface area contributed by atoms with Gasteiger partial charge in [-0.25, -0.2) is 0 Å². The number of hydrogen-bond donors (Lipinski definition) is 1. The first-order valence-electron chi connectivity index (χ1n) is 10.2.